The van der Waals surface area contributed by atoms with Crippen LogP contribution in [0, 0.1) is 0 Å². The van der Waals surface area contributed by atoms with Gasteiger partial charge in [0.15, 0.2) is 0 Å². The molecule has 4 nitrogen and oxygen atoms in total. The molecule has 0 fully saturated rings. The van der Waals surface area contributed by atoms with E-state index in [4.69, 9.17) is 34.8 Å². The summed E-state index contributed by atoms with van der Waals surface area (Å²) in [6.07, 6.45) is 0. The summed E-state index contributed by atoms with van der Waals surface area (Å²) in [5, 5.41) is 4.10. The van der Waals surface area contributed by atoms with Crippen LogP contribution in [-0.2, 0) is 16.1 Å². The van der Waals surface area contributed by atoms with E-state index in [1.54, 1.807) is 36.4 Å². The highest BCUT2D eigenvalue weighted by molar-refractivity contribution is 6.35. The number of anilines is 1. The quantitative estimate of drug-likeness (QED) is 0.855. The van der Waals surface area contributed by atoms with Gasteiger partial charge < -0.3 is 10.2 Å². The zero-order chi connectivity index (χ0) is 17.4. The van der Waals surface area contributed by atoms with Crippen LogP contribution in [0.2, 0.25) is 15.1 Å². The van der Waals surface area contributed by atoms with E-state index in [0.29, 0.717) is 26.3 Å². The number of benzene rings is 2. The molecule has 1 aliphatic heterocycles. The molecule has 1 heterocycles. The summed E-state index contributed by atoms with van der Waals surface area (Å²) in [5.41, 5.74) is 2.01. The minimum atomic E-state index is -0.748. The Morgan fingerprint density at radius 1 is 1.17 bits per heavy atom. The van der Waals surface area contributed by atoms with Gasteiger partial charge in [-0.3, -0.25) is 9.59 Å². The van der Waals surface area contributed by atoms with Crippen molar-refractivity contribution in [3.05, 3.63) is 62.6 Å². The molecule has 3 rings (SSSR count). The summed E-state index contributed by atoms with van der Waals surface area (Å²) in [7, 11) is 0. The summed E-state index contributed by atoms with van der Waals surface area (Å²) in [4.78, 5) is 25.8. The minimum Gasteiger partial charge on any atom is -0.341 e. The van der Waals surface area contributed by atoms with E-state index in [0.717, 1.165) is 5.56 Å². The number of para-hydroxylation sites is 1. The summed E-state index contributed by atoms with van der Waals surface area (Å²) < 4.78 is 0. The number of hydrogen-bond acceptors (Lipinski definition) is 2. The molecule has 1 N–H and O–H groups in total. The monoisotopic (exact) mass is 382 g/mol. The van der Waals surface area contributed by atoms with Crippen LogP contribution < -0.4 is 10.2 Å². The van der Waals surface area contributed by atoms with Crippen molar-refractivity contribution >= 4 is 52.3 Å². The van der Waals surface area contributed by atoms with Gasteiger partial charge in [0.05, 0.1) is 17.3 Å². The van der Waals surface area contributed by atoms with Crippen LogP contribution >= 0.6 is 34.8 Å². The highest BCUT2D eigenvalue weighted by Crippen LogP contribution is 2.42. The molecule has 2 amide bonds. The number of hydrogen-bond donors (Lipinski definition) is 1. The van der Waals surface area contributed by atoms with Crippen molar-refractivity contribution in [3.63, 3.8) is 0 Å². The molecule has 124 valence electrons. The molecule has 0 spiro atoms. The van der Waals surface area contributed by atoms with Crippen LogP contribution in [-0.4, -0.2) is 11.8 Å². The third kappa shape index (κ3) is 3.09. The van der Waals surface area contributed by atoms with Crippen molar-refractivity contribution in [2.45, 2.75) is 19.5 Å². The maximum Gasteiger partial charge on any atom is 0.254 e. The smallest absolute Gasteiger partial charge is 0.254 e. The number of nitrogens with one attached hydrogen (secondary N) is 1. The SMILES string of the molecule is CC(=O)NC1C(=O)N(Cc2ccc(Cl)cc2Cl)c2c(Cl)cccc21. The highest BCUT2D eigenvalue weighted by atomic mass is 35.5. The lowest BCUT2D eigenvalue weighted by atomic mass is 10.1. The normalized spacial score (nSPS) is 16.2. The average Bonchev–Trinajstić information content (AvgIpc) is 2.76. The number of carbonyl (C=O) groups excluding carboxylic acids is 2. The second-order valence-corrected chi connectivity index (χ2v) is 6.72. The van der Waals surface area contributed by atoms with Gasteiger partial charge in [-0.1, -0.05) is 53.0 Å². The second kappa shape index (κ2) is 6.63. The van der Waals surface area contributed by atoms with Crippen molar-refractivity contribution in [3.8, 4) is 0 Å². The molecule has 0 radical (unpaired) electrons. The number of halogens is 3. The van der Waals surface area contributed by atoms with Crippen LogP contribution in [0.4, 0.5) is 5.69 Å². The lowest BCUT2D eigenvalue weighted by Gasteiger charge is -2.20. The Labute approximate surface area is 154 Å². The van der Waals surface area contributed by atoms with Gasteiger partial charge in [0.1, 0.15) is 6.04 Å². The third-order valence-electron chi connectivity index (χ3n) is 3.80. The Morgan fingerprint density at radius 2 is 1.92 bits per heavy atom. The molecular weight excluding hydrogens is 371 g/mol. The number of amides is 2. The fraction of sp³-hybridized carbons (Fsp3) is 0.176. The Balaban J connectivity index is 2.02. The maximum atomic E-state index is 12.8. The van der Waals surface area contributed by atoms with Gasteiger partial charge in [-0.25, -0.2) is 0 Å². The molecule has 0 bridgehead atoms. The fourth-order valence-corrected chi connectivity index (χ4v) is 3.52. The first-order chi connectivity index (χ1) is 11.4. The first-order valence-electron chi connectivity index (χ1n) is 7.19. The molecule has 7 heteroatoms. The Hall–Kier alpha value is -1.75. The molecule has 0 saturated carbocycles. The first-order valence-corrected chi connectivity index (χ1v) is 8.32. The van der Waals surface area contributed by atoms with Crippen LogP contribution in [0.1, 0.15) is 24.1 Å². The number of rotatable bonds is 3. The molecule has 0 aromatic heterocycles. The molecule has 24 heavy (non-hydrogen) atoms. The van der Waals surface area contributed by atoms with Crippen LogP contribution in [0.5, 0.6) is 0 Å². The predicted molar refractivity (Wildman–Crippen MR) is 95.7 cm³/mol. The van der Waals surface area contributed by atoms with E-state index < -0.39 is 6.04 Å². The molecule has 2 aromatic carbocycles. The lowest BCUT2D eigenvalue weighted by molar-refractivity contribution is -0.126. The number of carbonyl (C=O) groups is 2. The van der Waals surface area contributed by atoms with Crippen molar-refractivity contribution < 1.29 is 9.59 Å². The summed E-state index contributed by atoms with van der Waals surface area (Å²) >= 11 is 18.4. The standard InChI is InChI=1S/C17H13Cl3N2O2/c1-9(23)21-15-12-3-2-4-13(19)16(12)22(17(15)24)8-10-5-6-11(18)7-14(10)20/h2-7,15H,8H2,1H3,(H,21,23). The molecule has 2 aromatic rings. The second-order valence-electron chi connectivity index (χ2n) is 5.47. The van der Waals surface area contributed by atoms with Crippen LogP contribution in [0.25, 0.3) is 0 Å². The molecule has 0 saturated heterocycles. The van der Waals surface area contributed by atoms with Gasteiger partial charge in [-0.05, 0) is 23.8 Å². The van der Waals surface area contributed by atoms with E-state index >= 15 is 0 Å². The largest absolute Gasteiger partial charge is 0.341 e. The van der Waals surface area contributed by atoms with Gasteiger partial charge in [0.2, 0.25) is 5.91 Å². The highest BCUT2D eigenvalue weighted by Gasteiger charge is 2.39. The first kappa shape index (κ1) is 17.1. The summed E-state index contributed by atoms with van der Waals surface area (Å²) in [5.74, 6) is -0.537. The maximum absolute atomic E-state index is 12.8. The van der Waals surface area contributed by atoms with Gasteiger partial charge >= 0.3 is 0 Å². The Bertz CT molecular complexity index is 839. The van der Waals surface area contributed by atoms with Crippen molar-refractivity contribution in [2.75, 3.05) is 4.90 Å². The Kier molecular flexibility index (Phi) is 4.72. The van der Waals surface area contributed by atoms with Gasteiger partial charge in [0.25, 0.3) is 5.91 Å². The summed E-state index contributed by atoms with van der Waals surface area (Å²) in [6.45, 7) is 1.61. The van der Waals surface area contributed by atoms with Crippen LogP contribution in [0.15, 0.2) is 36.4 Å². The predicted octanol–water partition coefficient (Wildman–Crippen LogP) is 4.37. The summed E-state index contributed by atoms with van der Waals surface area (Å²) in [6, 6.07) is 9.59. The lowest BCUT2D eigenvalue weighted by Crippen LogP contribution is -2.36. The van der Waals surface area contributed by atoms with Gasteiger partial charge in [-0.15, -0.1) is 0 Å². The van der Waals surface area contributed by atoms with Crippen LogP contribution in [0.3, 0.4) is 0 Å². The van der Waals surface area contributed by atoms with E-state index in [1.807, 2.05) is 0 Å². The third-order valence-corrected chi connectivity index (χ3v) is 4.70. The Morgan fingerprint density at radius 3 is 2.58 bits per heavy atom. The number of nitrogens with zero attached hydrogens (tertiary/aromatic N) is 1. The van der Waals surface area contributed by atoms with Crippen molar-refractivity contribution in [2.24, 2.45) is 0 Å². The number of fused-ring (bicyclic) bond motifs is 1. The molecule has 1 atom stereocenters. The van der Waals surface area contributed by atoms with E-state index in [2.05, 4.69) is 5.32 Å². The fourth-order valence-electron chi connectivity index (χ4n) is 2.77. The zero-order valence-electron chi connectivity index (χ0n) is 12.6. The zero-order valence-corrected chi connectivity index (χ0v) is 14.9. The van der Waals surface area contributed by atoms with E-state index in [9.17, 15) is 9.59 Å². The molecular formula is C17H13Cl3N2O2. The molecule has 1 unspecified atom stereocenters. The van der Waals surface area contributed by atoms with E-state index in [1.165, 1.54) is 11.8 Å². The average molecular weight is 384 g/mol. The molecule has 1 aliphatic rings. The molecule has 0 aliphatic carbocycles. The van der Waals surface area contributed by atoms with Crippen molar-refractivity contribution in [1.29, 1.82) is 0 Å². The topological polar surface area (TPSA) is 49.4 Å². The van der Waals surface area contributed by atoms with Gasteiger partial charge in [0, 0.05) is 22.5 Å². The minimum absolute atomic E-state index is 0.238. The van der Waals surface area contributed by atoms with Gasteiger partial charge in [-0.2, -0.15) is 0 Å². The van der Waals surface area contributed by atoms with E-state index in [-0.39, 0.29) is 18.4 Å². The van der Waals surface area contributed by atoms with Crippen molar-refractivity contribution in [1.82, 2.24) is 5.32 Å².